The quantitative estimate of drug-likeness (QED) is 0.687. The highest BCUT2D eigenvalue weighted by atomic mass is 16.6. The smallest absolute Gasteiger partial charge is 0.293 e. The number of nitro benzene ring substituents is 1. The van der Waals surface area contributed by atoms with Gasteiger partial charge in [0.15, 0.2) is 0 Å². The Morgan fingerprint density at radius 3 is 2.88 bits per heavy atom. The second-order valence-corrected chi connectivity index (χ2v) is 5.79. The SMILES string of the molecule is CCN1CCc2c(cccc2Nc2ccc(C#N)cc2[N+](=O)[O-])C1. The summed E-state index contributed by atoms with van der Waals surface area (Å²) < 4.78 is 0. The van der Waals surface area contributed by atoms with E-state index in [9.17, 15) is 10.1 Å². The van der Waals surface area contributed by atoms with Crippen LogP contribution in [0.4, 0.5) is 17.1 Å². The minimum atomic E-state index is -0.461. The van der Waals surface area contributed by atoms with Crippen molar-refractivity contribution in [1.82, 2.24) is 4.90 Å². The van der Waals surface area contributed by atoms with Crippen LogP contribution in [0.3, 0.4) is 0 Å². The third kappa shape index (κ3) is 3.07. The molecule has 1 aliphatic rings. The number of rotatable bonds is 4. The number of nitrogens with one attached hydrogen (secondary N) is 1. The van der Waals surface area contributed by atoms with Crippen molar-refractivity contribution in [2.24, 2.45) is 0 Å². The molecule has 0 fully saturated rings. The Kier molecular flexibility index (Phi) is 4.45. The molecule has 24 heavy (non-hydrogen) atoms. The van der Waals surface area contributed by atoms with Crippen LogP contribution in [0.15, 0.2) is 36.4 Å². The molecule has 6 heteroatoms. The highest BCUT2D eigenvalue weighted by Gasteiger charge is 2.20. The van der Waals surface area contributed by atoms with Gasteiger partial charge in [0, 0.05) is 24.8 Å². The van der Waals surface area contributed by atoms with E-state index in [2.05, 4.69) is 23.2 Å². The zero-order valence-corrected chi connectivity index (χ0v) is 13.5. The number of nitro groups is 1. The maximum absolute atomic E-state index is 11.3. The zero-order chi connectivity index (χ0) is 17.1. The van der Waals surface area contributed by atoms with E-state index < -0.39 is 4.92 Å². The second kappa shape index (κ2) is 6.69. The fraction of sp³-hybridized carbons (Fsp3) is 0.278. The van der Waals surface area contributed by atoms with Gasteiger partial charge in [0.25, 0.3) is 5.69 Å². The average Bonchev–Trinajstić information content (AvgIpc) is 2.61. The summed E-state index contributed by atoms with van der Waals surface area (Å²) in [6.45, 7) is 5.04. The van der Waals surface area contributed by atoms with Crippen molar-refractivity contribution >= 4 is 17.1 Å². The van der Waals surface area contributed by atoms with Gasteiger partial charge in [-0.05, 0) is 42.3 Å². The minimum absolute atomic E-state index is 0.0855. The lowest BCUT2D eigenvalue weighted by Crippen LogP contribution is -2.30. The number of benzene rings is 2. The van der Waals surface area contributed by atoms with Crippen molar-refractivity contribution < 1.29 is 4.92 Å². The molecule has 2 aromatic carbocycles. The Balaban J connectivity index is 1.96. The molecule has 6 nitrogen and oxygen atoms in total. The number of likely N-dealkylation sites (N-methyl/N-ethyl adjacent to an activating group) is 1. The molecule has 1 heterocycles. The van der Waals surface area contributed by atoms with Crippen molar-refractivity contribution in [1.29, 1.82) is 5.26 Å². The first-order valence-corrected chi connectivity index (χ1v) is 7.91. The summed E-state index contributed by atoms with van der Waals surface area (Å²) in [6, 6.07) is 12.4. The molecule has 0 unspecified atom stereocenters. The maximum atomic E-state index is 11.3. The van der Waals surface area contributed by atoms with E-state index in [1.54, 1.807) is 12.1 Å². The Morgan fingerprint density at radius 1 is 1.33 bits per heavy atom. The third-order valence-electron chi connectivity index (χ3n) is 4.39. The van der Waals surface area contributed by atoms with Gasteiger partial charge in [0.1, 0.15) is 5.69 Å². The number of nitrogens with zero attached hydrogens (tertiary/aromatic N) is 3. The standard InChI is InChI=1S/C18H18N4O2/c1-2-21-9-8-15-14(12-21)4-3-5-16(15)20-17-7-6-13(11-19)10-18(17)22(23)24/h3-7,10,20H,2,8-9,12H2,1H3. The lowest BCUT2D eigenvalue weighted by Gasteiger charge is -2.29. The van der Waals surface area contributed by atoms with Crippen LogP contribution in [0.1, 0.15) is 23.6 Å². The molecule has 0 amide bonds. The van der Waals surface area contributed by atoms with Gasteiger partial charge in [-0.25, -0.2) is 0 Å². The summed E-state index contributed by atoms with van der Waals surface area (Å²) in [5, 5.41) is 23.4. The van der Waals surface area contributed by atoms with Gasteiger partial charge in [0.2, 0.25) is 0 Å². The predicted octanol–water partition coefficient (Wildman–Crippen LogP) is 3.59. The third-order valence-corrected chi connectivity index (χ3v) is 4.39. The lowest BCUT2D eigenvalue weighted by molar-refractivity contribution is -0.383. The van der Waals surface area contributed by atoms with E-state index in [0.29, 0.717) is 5.69 Å². The number of fused-ring (bicyclic) bond motifs is 1. The normalized spacial score (nSPS) is 13.8. The van der Waals surface area contributed by atoms with Gasteiger partial charge in [-0.2, -0.15) is 5.26 Å². The molecule has 0 radical (unpaired) electrons. The van der Waals surface area contributed by atoms with Crippen LogP contribution in [0.5, 0.6) is 0 Å². The zero-order valence-electron chi connectivity index (χ0n) is 13.5. The highest BCUT2D eigenvalue weighted by molar-refractivity contribution is 5.73. The van der Waals surface area contributed by atoms with E-state index in [1.165, 1.54) is 17.2 Å². The van der Waals surface area contributed by atoms with Crippen LogP contribution in [-0.2, 0) is 13.0 Å². The molecule has 0 aliphatic carbocycles. The second-order valence-electron chi connectivity index (χ2n) is 5.79. The van der Waals surface area contributed by atoms with Crippen LogP contribution in [-0.4, -0.2) is 22.9 Å². The summed E-state index contributed by atoms with van der Waals surface area (Å²) in [4.78, 5) is 13.2. The first-order valence-electron chi connectivity index (χ1n) is 7.91. The van der Waals surface area contributed by atoms with E-state index in [1.807, 2.05) is 18.2 Å². The Morgan fingerprint density at radius 2 is 2.17 bits per heavy atom. The molecule has 0 saturated carbocycles. The summed E-state index contributed by atoms with van der Waals surface area (Å²) in [7, 11) is 0. The van der Waals surface area contributed by atoms with Gasteiger partial charge < -0.3 is 5.32 Å². The molecule has 0 aromatic heterocycles. The molecule has 3 rings (SSSR count). The molecule has 1 aliphatic heterocycles. The van der Waals surface area contributed by atoms with Crippen LogP contribution >= 0.6 is 0 Å². The van der Waals surface area contributed by atoms with Crippen molar-refractivity contribution in [3.05, 3.63) is 63.2 Å². The van der Waals surface area contributed by atoms with Gasteiger partial charge in [0.05, 0.1) is 16.6 Å². The number of hydrogen-bond donors (Lipinski definition) is 1. The molecule has 122 valence electrons. The Labute approximate surface area is 140 Å². The van der Waals surface area contributed by atoms with Gasteiger partial charge in [-0.1, -0.05) is 19.1 Å². The summed E-state index contributed by atoms with van der Waals surface area (Å²) in [5.41, 5.74) is 3.96. The molecular formula is C18H18N4O2. The predicted molar refractivity (Wildman–Crippen MR) is 92.2 cm³/mol. The molecule has 0 spiro atoms. The van der Waals surface area contributed by atoms with Gasteiger partial charge >= 0.3 is 0 Å². The van der Waals surface area contributed by atoms with E-state index >= 15 is 0 Å². The van der Waals surface area contributed by atoms with Crippen molar-refractivity contribution in [3.63, 3.8) is 0 Å². The number of nitriles is 1. The van der Waals surface area contributed by atoms with Gasteiger partial charge in [-0.3, -0.25) is 15.0 Å². The van der Waals surface area contributed by atoms with Crippen LogP contribution in [0.2, 0.25) is 0 Å². The molecule has 0 bridgehead atoms. The monoisotopic (exact) mass is 322 g/mol. The fourth-order valence-corrected chi connectivity index (χ4v) is 3.06. The fourth-order valence-electron chi connectivity index (χ4n) is 3.06. The van der Waals surface area contributed by atoms with Crippen molar-refractivity contribution in [2.45, 2.75) is 19.9 Å². The van der Waals surface area contributed by atoms with E-state index in [4.69, 9.17) is 5.26 Å². The van der Waals surface area contributed by atoms with Gasteiger partial charge in [-0.15, -0.1) is 0 Å². The molecule has 2 aromatic rings. The first-order chi connectivity index (χ1) is 11.6. The molecular weight excluding hydrogens is 304 g/mol. The maximum Gasteiger partial charge on any atom is 0.293 e. The minimum Gasteiger partial charge on any atom is -0.350 e. The number of anilines is 2. The molecule has 0 saturated heterocycles. The summed E-state index contributed by atoms with van der Waals surface area (Å²) in [5.74, 6) is 0. The average molecular weight is 322 g/mol. The lowest BCUT2D eigenvalue weighted by atomic mass is 9.97. The first kappa shape index (κ1) is 16.0. The molecule has 0 atom stereocenters. The van der Waals surface area contributed by atoms with Crippen molar-refractivity contribution in [3.8, 4) is 6.07 Å². The Bertz CT molecular complexity index is 826. The number of hydrogen-bond acceptors (Lipinski definition) is 5. The Hall–Kier alpha value is -2.91. The molecule has 1 N–H and O–H groups in total. The summed E-state index contributed by atoms with van der Waals surface area (Å²) in [6.07, 6.45) is 0.913. The van der Waals surface area contributed by atoms with Crippen LogP contribution < -0.4 is 5.32 Å². The van der Waals surface area contributed by atoms with Crippen LogP contribution in [0.25, 0.3) is 0 Å². The van der Waals surface area contributed by atoms with Crippen LogP contribution in [0, 0.1) is 21.4 Å². The largest absolute Gasteiger partial charge is 0.350 e. The summed E-state index contributed by atoms with van der Waals surface area (Å²) >= 11 is 0. The topological polar surface area (TPSA) is 82.2 Å². The van der Waals surface area contributed by atoms with Crippen molar-refractivity contribution in [2.75, 3.05) is 18.4 Å². The highest BCUT2D eigenvalue weighted by Crippen LogP contribution is 2.32. The van der Waals surface area contributed by atoms with E-state index in [0.717, 1.165) is 31.7 Å². The van der Waals surface area contributed by atoms with E-state index in [-0.39, 0.29) is 11.3 Å².